The maximum Gasteiger partial charge on any atom is 0.251 e. The number of carbonyl (C=O) groups excluding carboxylic acids is 1. The van der Waals surface area contributed by atoms with E-state index in [0.717, 1.165) is 6.42 Å². The first kappa shape index (κ1) is 14.0. The molecule has 104 valence electrons. The molecule has 1 fully saturated rings. The molecule has 0 bridgehead atoms. The minimum atomic E-state index is -3.82. The highest BCUT2D eigenvalue weighted by atomic mass is 32.2. The van der Waals surface area contributed by atoms with Crippen LogP contribution in [0.4, 0.5) is 0 Å². The lowest BCUT2D eigenvalue weighted by Gasteiger charge is -2.12. The number of amides is 1. The SMILES string of the molecule is Cc1ccc(C(=O)NC2CCOC2)cc1S(N)(=O)=O. The fraction of sp³-hybridized carbons (Fsp3) is 0.417. The second-order valence-corrected chi connectivity index (χ2v) is 6.09. The summed E-state index contributed by atoms with van der Waals surface area (Å²) in [4.78, 5) is 12.0. The number of rotatable bonds is 3. The van der Waals surface area contributed by atoms with Gasteiger partial charge in [-0.2, -0.15) is 0 Å². The van der Waals surface area contributed by atoms with Crippen molar-refractivity contribution < 1.29 is 17.9 Å². The van der Waals surface area contributed by atoms with E-state index in [9.17, 15) is 13.2 Å². The molecular formula is C12H16N2O4S. The van der Waals surface area contributed by atoms with Gasteiger partial charge < -0.3 is 10.1 Å². The fourth-order valence-electron chi connectivity index (χ4n) is 1.96. The van der Waals surface area contributed by atoms with Crippen molar-refractivity contribution in [2.45, 2.75) is 24.3 Å². The lowest BCUT2D eigenvalue weighted by atomic mass is 10.1. The van der Waals surface area contributed by atoms with Crippen LogP contribution >= 0.6 is 0 Å². The molecule has 19 heavy (non-hydrogen) atoms. The van der Waals surface area contributed by atoms with Crippen LogP contribution in [-0.2, 0) is 14.8 Å². The molecule has 1 aliphatic heterocycles. The number of primary sulfonamides is 1. The molecule has 1 aromatic rings. The van der Waals surface area contributed by atoms with E-state index < -0.39 is 10.0 Å². The molecule has 0 aromatic heterocycles. The van der Waals surface area contributed by atoms with E-state index in [4.69, 9.17) is 9.88 Å². The normalized spacial score (nSPS) is 19.4. The standard InChI is InChI=1S/C12H16N2O4S/c1-8-2-3-9(6-11(8)19(13,16)17)12(15)14-10-4-5-18-7-10/h2-3,6,10H,4-5,7H2,1H3,(H,14,15)(H2,13,16,17). The first-order valence-corrected chi connectivity index (χ1v) is 7.44. The molecular weight excluding hydrogens is 268 g/mol. The molecule has 3 N–H and O–H groups in total. The second kappa shape index (κ2) is 5.28. The third-order valence-corrected chi connectivity index (χ3v) is 4.07. The van der Waals surface area contributed by atoms with Crippen LogP contribution < -0.4 is 10.5 Å². The van der Waals surface area contributed by atoms with Crippen molar-refractivity contribution in [3.8, 4) is 0 Å². The van der Waals surface area contributed by atoms with Crippen molar-refractivity contribution in [2.24, 2.45) is 5.14 Å². The summed E-state index contributed by atoms with van der Waals surface area (Å²) in [7, 11) is -3.82. The predicted molar refractivity (Wildman–Crippen MR) is 69.2 cm³/mol. The van der Waals surface area contributed by atoms with E-state index in [0.29, 0.717) is 18.8 Å². The minimum absolute atomic E-state index is 0.0215. The highest BCUT2D eigenvalue weighted by Crippen LogP contribution is 2.16. The van der Waals surface area contributed by atoms with E-state index in [1.165, 1.54) is 6.07 Å². The molecule has 0 spiro atoms. The molecule has 1 aromatic carbocycles. The predicted octanol–water partition coefficient (Wildman–Crippen LogP) is 0.161. The summed E-state index contributed by atoms with van der Waals surface area (Å²) in [5.41, 5.74) is 0.796. The minimum Gasteiger partial charge on any atom is -0.379 e. The Labute approximate surface area is 112 Å². The van der Waals surface area contributed by atoms with Crippen LogP contribution in [-0.4, -0.2) is 33.6 Å². The molecule has 1 heterocycles. The Kier molecular flexibility index (Phi) is 3.88. The van der Waals surface area contributed by atoms with E-state index in [1.54, 1.807) is 19.1 Å². The van der Waals surface area contributed by atoms with Gasteiger partial charge in [0.1, 0.15) is 0 Å². The zero-order valence-corrected chi connectivity index (χ0v) is 11.4. The highest BCUT2D eigenvalue weighted by molar-refractivity contribution is 7.89. The number of nitrogens with one attached hydrogen (secondary N) is 1. The van der Waals surface area contributed by atoms with Gasteiger partial charge >= 0.3 is 0 Å². The largest absolute Gasteiger partial charge is 0.379 e. The van der Waals surface area contributed by atoms with Gasteiger partial charge in [-0.15, -0.1) is 0 Å². The molecule has 1 atom stereocenters. The average Bonchev–Trinajstić information content (AvgIpc) is 2.80. The molecule has 0 radical (unpaired) electrons. The van der Waals surface area contributed by atoms with Crippen LogP contribution in [0.3, 0.4) is 0 Å². The first-order valence-electron chi connectivity index (χ1n) is 5.90. The number of carbonyl (C=O) groups is 1. The topological polar surface area (TPSA) is 98.5 Å². The summed E-state index contributed by atoms with van der Waals surface area (Å²) in [5, 5.41) is 7.90. The summed E-state index contributed by atoms with van der Waals surface area (Å²) in [6.45, 7) is 2.74. The van der Waals surface area contributed by atoms with Gasteiger partial charge in [0.05, 0.1) is 17.5 Å². The van der Waals surface area contributed by atoms with Crippen LogP contribution in [0, 0.1) is 6.92 Å². The van der Waals surface area contributed by atoms with E-state index in [-0.39, 0.29) is 22.4 Å². The Balaban J connectivity index is 2.23. The highest BCUT2D eigenvalue weighted by Gasteiger charge is 2.20. The Morgan fingerprint density at radius 2 is 2.21 bits per heavy atom. The second-order valence-electron chi connectivity index (χ2n) is 4.56. The number of aryl methyl sites for hydroxylation is 1. The van der Waals surface area contributed by atoms with Crippen molar-refractivity contribution in [2.75, 3.05) is 13.2 Å². The van der Waals surface area contributed by atoms with Crippen molar-refractivity contribution in [3.05, 3.63) is 29.3 Å². The van der Waals surface area contributed by atoms with Gasteiger partial charge in [0.15, 0.2) is 0 Å². The quantitative estimate of drug-likeness (QED) is 0.826. The lowest BCUT2D eigenvalue weighted by molar-refractivity contribution is 0.0929. The molecule has 1 unspecified atom stereocenters. The number of ether oxygens (including phenoxy) is 1. The Bertz CT molecular complexity index is 592. The number of hydrogen-bond acceptors (Lipinski definition) is 4. The van der Waals surface area contributed by atoms with Gasteiger partial charge in [-0.1, -0.05) is 6.07 Å². The van der Waals surface area contributed by atoms with Crippen molar-refractivity contribution >= 4 is 15.9 Å². The molecule has 0 saturated carbocycles. The zero-order chi connectivity index (χ0) is 14.0. The Morgan fingerprint density at radius 3 is 2.79 bits per heavy atom. The molecule has 6 nitrogen and oxygen atoms in total. The van der Waals surface area contributed by atoms with Gasteiger partial charge in [-0.3, -0.25) is 4.79 Å². The maximum atomic E-state index is 12.0. The molecule has 1 saturated heterocycles. The first-order chi connectivity index (χ1) is 8.88. The van der Waals surface area contributed by atoms with Crippen molar-refractivity contribution in [3.63, 3.8) is 0 Å². The maximum absolute atomic E-state index is 12.0. The Morgan fingerprint density at radius 1 is 1.47 bits per heavy atom. The lowest BCUT2D eigenvalue weighted by Crippen LogP contribution is -2.35. The third-order valence-electron chi connectivity index (χ3n) is 3.02. The third kappa shape index (κ3) is 3.31. The van der Waals surface area contributed by atoms with Crippen LogP contribution in [0.2, 0.25) is 0 Å². The van der Waals surface area contributed by atoms with E-state index in [2.05, 4.69) is 5.32 Å². The summed E-state index contributed by atoms with van der Waals surface area (Å²) >= 11 is 0. The Hall–Kier alpha value is -1.44. The van der Waals surface area contributed by atoms with Gasteiger partial charge in [0, 0.05) is 12.2 Å². The molecule has 1 amide bonds. The van der Waals surface area contributed by atoms with Crippen molar-refractivity contribution in [1.29, 1.82) is 0 Å². The molecule has 2 rings (SSSR count). The van der Waals surface area contributed by atoms with Gasteiger partial charge in [-0.05, 0) is 31.0 Å². The smallest absolute Gasteiger partial charge is 0.251 e. The summed E-state index contributed by atoms with van der Waals surface area (Å²) in [6, 6.07) is 4.43. The summed E-state index contributed by atoms with van der Waals surface area (Å²) < 4.78 is 28.0. The number of sulfonamides is 1. The van der Waals surface area contributed by atoms with E-state index >= 15 is 0 Å². The van der Waals surface area contributed by atoms with Gasteiger partial charge in [-0.25, -0.2) is 13.6 Å². The fourth-order valence-corrected chi connectivity index (χ4v) is 2.77. The number of hydrogen-bond donors (Lipinski definition) is 2. The molecule has 1 aliphatic rings. The molecule has 7 heteroatoms. The van der Waals surface area contributed by atoms with Crippen molar-refractivity contribution in [1.82, 2.24) is 5.32 Å². The molecule has 0 aliphatic carbocycles. The monoisotopic (exact) mass is 284 g/mol. The van der Waals surface area contributed by atoms with Gasteiger partial charge in [0.25, 0.3) is 5.91 Å². The number of benzene rings is 1. The van der Waals surface area contributed by atoms with E-state index in [1.807, 2.05) is 0 Å². The zero-order valence-electron chi connectivity index (χ0n) is 10.5. The van der Waals surface area contributed by atoms with Crippen LogP contribution in [0.1, 0.15) is 22.3 Å². The number of nitrogens with two attached hydrogens (primary N) is 1. The van der Waals surface area contributed by atoms with Gasteiger partial charge in [0.2, 0.25) is 10.0 Å². The summed E-state index contributed by atoms with van der Waals surface area (Å²) in [5.74, 6) is -0.319. The van der Waals surface area contributed by atoms with Crippen LogP contribution in [0.5, 0.6) is 0 Å². The van der Waals surface area contributed by atoms with Crippen LogP contribution in [0.15, 0.2) is 23.1 Å². The average molecular weight is 284 g/mol. The summed E-state index contributed by atoms with van der Waals surface area (Å²) in [6.07, 6.45) is 0.764. The van der Waals surface area contributed by atoms with Crippen LogP contribution in [0.25, 0.3) is 0 Å².